The SMILES string of the molecule is CCCc1ccc(OCc2nc(CC(=O)OC)cs2)cc1. The molecule has 1 heterocycles. The minimum atomic E-state index is -0.278. The lowest BCUT2D eigenvalue weighted by Gasteiger charge is -2.05. The van der Waals surface area contributed by atoms with E-state index in [-0.39, 0.29) is 12.4 Å². The Balaban J connectivity index is 1.86. The molecule has 5 heteroatoms. The lowest BCUT2D eigenvalue weighted by molar-refractivity contribution is -0.139. The van der Waals surface area contributed by atoms with E-state index in [1.54, 1.807) is 0 Å². The van der Waals surface area contributed by atoms with Crippen molar-refractivity contribution in [1.29, 1.82) is 0 Å². The van der Waals surface area contributed by atoms with E-state index in [0.717, 1.165) is 29.3 Å². The van der Waals surface area contributed by atoms with Crippen molar-refractivity contribution >= 4 is 17.3 Å². The zero-order valence-electron chi connectivity index (χ0n) is 12.3. The molecule has 1 aromatic heterocycles. The summed E-state index contributed by atoms with van der Waals surface area (Å²) in [6, 6.07) is 8.13. The number of aryl methyl sites for hydroxylation is 1. The maximum Gasteiger partial charge on any atom is 0.311 e. The van der Waals surface area contributed by atoms with Crippen molar-refractivity contribution in [3.05, 3.63) is 45.9 Å². The number of carbonyl (C=O) groups is 1. The molecule has 0 N–H and O–H groups in total. The quantitative estimate of drug-likeness (QED) is 0.736. The number of carbonyl (C=O) groups excluding carboxylic acids is 1. The molecule has 0 aliphatic rings. The lowest BCUT2D eigenvalue weighted by Crippen LogP contribution is -2.05. The van der Waals surface area contributed by atoms with Crippen LogP contribution in [0.1, 0.15) is 29.6 Å². The second kappa shape index (κ2) is 7.78. The third-order valence-corrected chi connectivity index (χ3v) is 3.85. The number of esters is 1. The summed E-state index contributed by atoms with van der Waals surface area (Å²) < 4.78 is 10.3. The van der Waals surface area contributed by atoms with Crippen molar-refractivity contribution in [2.75, 3.05) is 7.11 Å². The summed E-state index contributed by atoms with van der Waals surface area (Å²) in [5.74, 6) is 0.554. The van der Waals surface area contributed by atoms with Crippen LogP contribution in [-0.4, -0.2) is 18.1 Å². The van der Waals surface area contributed by atoms with E-state index in [1.807, 2.05) is 17.5 Å². The molecule has 0 aliphatic heterocycles. The van der Waals surface area contributed by atoms with Gasteiger partial charge in [-0.3, -0.25) is 4.79 Å². The van der Waals surface area contributed by atoms with Crippen LogP contribution < -0.4 is 4.74 Å². The molecule has 112 valence electrons. The van der Waals surface area contributed by atoms with E-state index in [4.69, 9.17) is 4.74 Å². The first-order valence-corrected chi connectivity index (χ1v) is 7.81. The molecule has 0 radical (unpaired) electrons. The minimum Gasteiger partial charge on any atom is -0.486 e. The van der Waals surface area contributed by atoms with E-state index >= 15 is 0 Å². The molecule has 2 aromatic rings. The highest BCUT2D eigenvalue weighted by Crippen LogP contribution is 2.17. The van der Waals surface area contributed by atoms with Crippen LogP contribution in [0.4, 0.5) is 0 Å². The van der Waals surface area contributed by atoms with Gasteiger partial charge in [-0.05, 0) is 24.1 Å². The number of nitrogens with zero attached hydrogens (tertiary/aromatic N) is 1. The average molecular weight is 305 g/mol. The monoisotopic (exact) mass is 305 g/mol. The predicted molar refractivity (Wildman–Crippen MR) is 82.6 cm³/mol. The molecule has 0 fully saturated rings. The molecule has 0 unspecified atom stereocenters. The van der Waals surface area contributed by atoms with Gasteiger partial charge in [0.05, 0.1) is 19.2 Å². The minimum absolute atomic E-state index is 0.207. The zero-order valence-corrected chi connectivity index (χ0v) is 13.1. The van der Waals surface area contributed by atoms with Crippen molar-refractivity contribution in [1.82, 2.24) is 4.98 Å². The normalized spacial score (nSPS) is 10.4. The van der Waals surface area contributed by atoms with Crippen LogP contribution in [0.25, 0.3) is 0 Å². The molecule has 0 atom stereocenters. The Morgan fingerprint density at radius 3 is 2.71 bits per heavy atom. The maximum atomic E-state index is 11.2. The van der Waals surface area contributed by atoms with Gasteiger partial charge in [0.25, 0.3) is 0 Å². The molecule has 0 aliphatic carbocycles. The van der Waals surface area contributed by atoms with Gasteiger partial charge in [-0.2, -0.15) is 0 Å². The number of hydrogen-bond donors (Lipinski definition) is 0. The van der Waals surface area contributed by atoms with Gasteiger partial charge >= 0.3 is 5.97 Å². The molecule has 1 aromatic carbocycles. The largest absolute Gasteiger partial charge is 0.486 e. The van der Waals surface area contributed by atoms with Gasteiger partial charge < -0.3 is 9.47 Å². The van der Waals surface area contributed by atoms with E-state index in [2.05, 4.69) is 28.8 Å². The van der Waals surface area contributed by atoms with E-state index in [9.17, 15) is 4.79 Å². The topological polar surface area (TPSA) is 48.4 Å². The maximum absolute atomic E-state index is 11.2. The first-order valence-electron chi connectivity index (χ1n) is 6.93. The Labute approximate surface area is 128 Å². The van der Waals surface area contributed by atoms with E-state index in [1.165, 1.54) is 24.0 Å². The predicted octanol–water partition coefficient (Wildman–Crippen LogP) is 3.39. The van der Waals surface area contributed by atoms with Crippen molar-refractivity contribution < 1.29 is 14.3 Å². The summed E-state index contributed by atoms with van der Waals surface area (Å²) in [6.45, 7) is 2.58. The Hall–Kier alpha value is -1.88. The summed E-state index contributed by atoms with van der Waals surface area (Å²) >= 11 is 1.49. The standard InChI is InChI=1S/C16H19NO3S/c1-3-4-12-5-7-14(8-6-12)20-10-15-17-13(11-21-15)9-16(18)19-2/h5-8,11H,3-4,9-10H2,1-2H3. The van der Waals surface area contributed by atoms with Crippen molar-refractivity contribution in [3.63, 3.8) is 0 Å². The number of ether oxygens (including phenoxy) is 2. The highest BCUT2D eigenvalue weighted by Gasteiger charge is 2.08. The third kappa shape index (κ3) is 4.86. The Morgan fingerprint density at radius 1 is 1.29 bits per heavy atom. The number of methoxy groups -OCH3 is 1. The van der Waals surface area contributed by atoms with Crippen LogP contribution >= 0.6 is 11.3 Å². The summed E-state index contributed by atoms with van der Waals surface area (Å²) in [4.78, 5) is 15.5. The smallest absolute Gasteiger partial charge is 0.311 e. The fourth-order valence-corrected chi connectivity index (χ4v) is 2.61. The van der Waals surface area contributed by atoms with Crippen LogP contribution in [0, 0.1) is 0 Å². The van der Waals surface area contributed by atoms with Gasteiger partial charge in [-0.1, -0.05) is 25.5 Å². The molecule has 4 nitrogen and oxygen atoms in total. The first-order chi connectivity index (χ1) is 10.2. The number of benzene rings is 1. The van der Waals surface area contributed by atoms with Crippen LogP contribution in [0.15, 0.2) is 29.6 Å². The van der Waals surface area contributed by atoms with Gasteiger partial charge in [0.15, 0.2) is 0 Å². The van der Waals surface area contributed by atoms with Gasteiger partial charge in [0, 0.05) is 5.38 Å². The summed E-state index contributed by atoms with van der Waals surface area (Å²) in [6.07, 6.45) is 2.44. The number of thiazole rings is 1. The molecule has 0 bridgehead atoms. The number of rotatable bonds is 7. The van der Waals surface area contributed by atoms with E-state index < -0.39 is 0 Å². The molecular formula is C16H19NO3S. The number of hydrogen-bond acceptors (Lipinski definition) is 5. The van der Waals surface area contributed by atoms with Gasteiger partial charge in [0.2, 0.25) is 0 Å². The fourth-order valence-electron chi connectivity index (χ4n) is 1.90. The fraction of sp³-hybridized carbons (Fsp3) is 0.375. The highest BCUT2D eigenvalue weighted by atomic mass is 32.1. The summed E-state index contributed by atoms with van der Waals surface area (Å²) in [5, 5.41) is 2.71. The molecule has 2 rings (SSSR count). The molecule has 21 heavy (non-hydrogen) atoms. The third-order valence-electron chi connectivity index (χ3n) is 2.98. The van der Waals surface area contributed by atoms with Gasteiger partial charge in [0.1, 0.15) is 17.4 Å². The highest BCUT2D eigenvalue weighted by molar-refractivity contribution is 7.09. The molecule has 0 saturated carbocycles. The van der Waals surface area contributed by atoms with Gasteiger partial charge in [-0.15, -0.1) is 11.3 Å². The second-order valence-electron chi connectivity index (χ2n) is 4.67. The van der Waals surface area contributed by atoms with Crippen LogP contribution in [0.2, 0.25) is 0 Å². The zero-order chi connectivity index (χ0) is 15.1. The molecule has 0 amide bonds. The Morgan fingerprint density at radius 2 is 2.05 bits per heavy atom. The Kier molecular flexibility index (Phi) is 5.75. The summed E-state index contributed by atoms with van der Waals surface area (Å²) in [5.41, 5.74) is 2.04. The van der Waals surface area contributed by atoms with E-state index in [0.29, 0.717) is 6.61 Å². The molecule has 0 spiro atoms. The second-order valence-corrected chi connectivity index (χ2v) is 5.61. The first kappa shape index (κ1) is 15.5. The van der Waals surface area contributed by atoms with Crippen molar-refractivity contribution in [3.8, 4) is 5.75 Å². The molecule has 0 saturated heterocycles. The van der Waals surface area contributed by atoms with Crippen molar-refractivity contribution in [2.45, 2.75) is 32.8 Å². The summed E-state index contributed by atoms with van der Waals surface area (Å²) in [7, 11) is 1.38. The molecular weight excluding hydrogens is 286 g/mol. The van der Waals surface area contributed by atoms with Gasteiger partial charge in [-0.25, -0.2) is 4.98 Å². The lowest BCUT2D eigenvalue weighted by atomic mass is 10.1. The average Bonchev–Trinajstić information content (AvgIpc) is 2.94. The van der Waals surface area contributed by atoms with Crippen LogP contribution in [0.3, 0.4) is 0 Å². The van der Waals surface area contributed by atoms with Crippen LogP contribution in [0.5, 0.6) is 5.75 Å². The Bertz CT molecular complexity index is 577. The van der Waals surface area contributed by atoms with Crippen molar-refractivity contribution in [2.24, 2.45) is 0 Å². The number of aromatic nitrogens is 1. The van der Waals surface area contributed by atoms with Crippen LogP contribution in [-0.2, 0) is 29.0 Å².